The number of hydrogen-bond acceptors (Lipinski definition) is 3. The average molecular weight is 261 g/mol. The van der Waals surface area contributed by atoms with E-state index in [1.54, 1.807) is 11.3 Å². The second-order valence-electron chi connectivity index (χ2n) is 4.53. The Morgan fingerprint density at radius 3 is 2.78 bits per heavy atom. The fourth-order valence-electron chi connectivity index (χ4n) is 1.82. The van der Waals surface area contributed by atoms with Gasteiger partial charge in [-0.15, -0.1) is 11.3 Å². The van der Waals surface area contributed by atoms with Crippen LogP contribution in [0.3, 0.4) is 0 Å². The number of hydrogen-bond donors (Lipinski definition) is 1. The van der Waals surface area contributed by atoms with Gasteiger partial charge in [0.1, 0.15) is 5.75 Å². The third-order valence-corrected chi connectivity index (χ3v) is 3.48. The zero-order valence-corrected chi connectivity index (χ0v) is 11.9. The van der Waals surface area contributed by atoms with Crippen LogP contribution in [0.1, 0.15) is 18.7 Å². The van der Waals surface area contributed by atoms with E-state index in [1.165, 1.54) is 16.0 Å². The molecule has 0 radical (unpaired) electrons. The van der Waals surface area contributed by atoms with Crippen molar-refractivity contribution in [3.63, 3.8) is 0 Å². The van der Waals surface area contributed by atoms with Crippen LogP contribution in [0.5, 0.6) is 5.75 Å². The highest BCUT2D eigenvalue weighted by molar-refractivity contribution is 7.10. The fraction of sp³-hybridized carbons (Fsp3) is 0.333. The van der Waals surface area contributed by atoms with Crippen molar-refractivity contribution in [3.05, 3.63) is 40.6 Å². The third kappa shape index (κ3) is 3.34. The molecule has 0 bridgehead atoms. The summed E-state index contributed by atoms with van der Waals surface area (Å²) < 4.78 is 5.72. The predicted octanol–water partition coefficient (Wildman–Crippen LogP) is 3.92. The van der Waals surface area contributed by atoms with Crippen molar-refractivity contribution in [3.8, 4) is 16.9 Å². The molecule has 0 spiro atoms. The highest BCUT2D eigenvalue weighted by Crippen LogP contribution is 2.28. The van der Waals surface area contributed by atoms with Crippen molar-refractivity contribution in [1.82, 2.24) is 5.32 Å². The molecule has 0 atom stereocenters. The van der Waals surface area contributed by atoms with Gasteiger partial charge in [0.25, 0.3) is 0 Å². The molecular weight excluding hydrogens is 242 g/mol. The summed E-state index contributed by atoms with van der Waals surface area (Å²) >= 11 is 1.79. The first-order valence-electron chi connectivity index (χ1n) is 6.18. The molecule has 2 rings (SSSR count). The highest BCUT2D eigenvalue weighted by Gasteiger charge is 2.04. The Bertz CT molecular complexity index is 505. The van der Waals surface area contributed by atoms with E-state index in [4.69, 9.17) is 4.74 Å². The average Bonchev–Trinajstić information content (AvgIpc) is 2.78. The second-order valence-corrected chi connectivity index (χ2v) is 5.52. The molecule has 0 aliphatic rings. The van der Waals surface area contributed by atoms with Crippen molar-refractivity contribution >= 4 is 11.3 Å². The van der Waals surface area contributed by atoms with Gasteiger partial charge in [-0.05, 0) is 55.6 Å². The molecule has 18 heavy (non-hydrogen) atoms. The van der Waals surface area contributed by atoms with Crippen LogP contribution in [0.2, 0.25) is 0 Å². The van der Waals surface area contributed by atoms with Crippen molar-refractivity contribution < 1.29 is 4.74 Å². The van der Waals surface area contributed by atoms with E-state index >= 15 is 0 Å². The molecule has 1 heterocycles. The van der Waals surface area contributed by atoms with Crippen LogP contribution in [-0.2, 0) is 6.54 Å². The number of nitrogens with one attached hydrogen (secondary N) is 1. The van der Waals surface area contributed by atoms with Crippen LogP contribution < -0.4 is 10.1 Å². The van der Waals surface area contributed by atoms with Crippen molar-refractivity contribution in [2.24, 2.45) is 0 Å². The molecule has 2 aromatic rings. The molecule has 0 aliphatic heterocycles. The second kappa shape index (κ2) is 6.03. The molecule has 2 nitrogen and oxygen atoms in total. The first kappa shape index (κ1) is 13.1. The van der Waals surface area contributed by atoms with Crippen LogP contribution in [0.15, 0.2) is 35.7 Å². The lowest BCUT2D eigenvalue weighted by Crippen LogP contribution is -2.05. The van der Waals surface area contributed by atoms with E-state index < -0.39 is 0 Å². The molecule has 3 heteroatoms. The van der Waals surface area contributed by atoms with E-state index in [2.05, 4.69) is 28.9 Å². The first-order chi connectivity index (χ1) is 8.69. The highest BCUT2D eigenvalue weighted by atomic mass is 32.1. The summed E-state index contributed by atoms with van der Waals surface area (Å²) in [4.78, 5) is 1.35. The Labute approximate surface area is 113 Å². The summed E-state index contributed by atoms with van der Waals surface area (Å²) in [6.45, 7) is 5.01. The number of thiophene rings is 1. The summed E-state index contributed by atoms with van der Waals surface area (Å²) in [5, 5.41) is 5.37. The lowest BCUT2D eigenvalue weighted by molar-refractivity contribution is 0.242. The Morgan fingerprint density at radius 2 is 2.06 bits per heavy atom. The molecule has 0 saturated heterocycles. The van der Waals surface area contributed by atoms with E-state index in [9.17, 15) is 0 Å². The maximum Gasteiger partial charge on any atom is 0.120 e. The van der Waals surface area contributed by atoms with E-state index in [-0.39, 0.29) is 6.10 Å². The van der Waals surface area contributed by atoms with E-state index in [0.29, 0.717) is 0 Å². The summed E-state index contributed by atoms with van der Waals surface area (Å²) in [6.07, 6.45) is 0.211. The molecular formula is C15H19NOS. The van der Waals surface area contributed by atoms with Gasteiger partial charge in [-0.2, -0.15) is 0 Å². The minimum absolute atomic E-state index is 0.211. The molecule has 0 fully saturated rings. The van der Waals surface area contributed by atoms with Crippen molar-refractivity contribution in [1.29, 1.82) is 0 Å². The van der Waals surface area contributed by atoms with Crippen LogP contribution in [0, 0.1) is 0 Å². The number of rotatable bonds is 5. The maximum absolute atomic E-state index is 5.72. The molecule has 0 amide bonds. The monoisotopic (exact) mass is 261 g/mol. The third-order valence-electron chi connectivity index (χ3n) is 2.54. The van der Waals surface area contributed by atoms with E-state index in [0.717, 1.165) is 12.3 Å². The number of benzene rings is 1. The standard InChI is InChI=1S/C15H19NOS/c1-11(2)17-14-6-4-5-12(7-14)13-8-15(9-16-3)18-10-13/h4-8,10-11,16H,9H2,1-3H3. The molecule has 96 valence electrons. The van der Waals surface area contributed by atoms with E-state index in [1.807, 2.05) is 33.0 Å². The zero-order chi connectivity index (χ0) is 13.0. The number of ether oxygens (including phenoxy) is 1. The Morgan fingerprint density at radius 1 is 1.22 bits per heavy atom. The topological polar surface area (TPSA) is 21.3 Å². The van der Waals surface area contributed by atoms with Gasteiger partial charge in [0, 0.05) is 11.4 Å². The minimum Gasteiger partial charge on any atom is -0.491 e. The van der Waals surface area contributed by atoms with Gasteiger partial charge in [-0.1, -0.05) is 12.1 Å². The Kier molecular flexibility index (Phi) is 4.39. The molecule has 1 aromatic heterocycles. The SMILES string of the molecule is CNCc1cc(-c2cccc(OC(C)C)c2)cs1. The summed E-state index contributed by atoms with van der Waals surface area (Å²) in [7, 11) is 1.97. The van der Waals surface area contributed by atoms with Gasteiger partial charge in [-0.3, -0.25) is 0 Å². The largest absolute Gasteiger partial charge is 0.491 e. The lowest BCUT2D eigenvalue weighted by atomic mass is 10.1. The summed E-state index contributed by atoms with van der Waals surface area (Å²) in [5.41, 5.74) is 2.48. The summed E-state index contributed by atoms with van der Waals surface area (Å²) in [5.74, 6) is 0.934. The normalized spacial score (nSPS) is 10.9. The maximum atomic E-state index is 5.72. The molecule has 0 unspecified atom stereocenters. The van der Waals surface area contributed by atoms with Gasteiger partial charge >= 0.3 is 0 Å². The zero-order valence-electron chi connectivity index (χ0n) is 11.1. The quantitative estimate of drug-likeness (QED) is 0.880. The van der Waals surface area contributed by atoms with Crippen LogP contribution in [0.25, 0.3) is 11.1 Å². The van der Waals surface area contributed by atoms with Gasteiger partial charge < -0.3 is 10.1 Å². The Hall–Kier alpha value is -1.32. The smallest absolute Gasteiger partial charge is 0.120 e. The molecule has 1 N–H and O–H groups in total. The lowest BCUT2D eigenvalue weighted by Gasteiger charge is -2.10. The van der Waals surface area contributed by atoms with Crippen LogP contribution in [0.4, 0.5) is 0 Å². The predicted molar refractivity (Wildman–Crippen MR) is 78.3 cm³/mol. The van der Waals surface area contributed by atoms with Crippen molar-refractivity contribution in [2.45, 2.75) is 26.5 Å². The summed E-state index contributed by atoms with van der Waals surface area (Å²) in [6, 6.07) is 10.5. The molecule has 0 saturated carbocycles. The van der Waals surface area contributed by atoms with Crippen molar-refractivity contribution in [2.75, 3.05) is 7.05 Å². The fourth-order valence-corrected chi connectivity index (χ4v) is 2.73. The van der Waals surface area contributed by atoms with Gasteiger partial charge in [-0.25, -0.2) is 0 Å². The molecule has 1 aromatic carbocycles. The van der Waals surface area contributed by atoms with Crippen LogP contribution >= 0.6 is 11.3 Å². The minimum atomic E-state index is 0.211. The van der Waals surface area contributed by atoms with Gasteiger partial charge in [0.2, 0.25) is 0 Å². The van der Waals surface area contributed by atoms with Gasteiger partial charge in [0.15, 0.2) is 0 Å². The first-order valence-corrected chi connectivity index (χ1v) is 7.06. The Balaban J connectivity index is 2.21. The van der Waals surface area contributed by atoms with Gasteiger partial charge in [0.05, 0.1) is 6.10 Å². The van der Waals surface area contributed by atoms with Crippen LogP contribution in [-0.4, -0.2) is 13.2 Å². The molecule has 0 aliphatic carbocycles.